The molecule has 0 spiro atoms. The van der Waals surface area contributed by atoms with E-state index in [1.807, 2.05) is 0 Å². The van der Waals surface area contributed by atoms with E-state index < -0.39 is 0 Å². The Morgan fingerprint density at radius 2 is 1.86 bits per heavy atom. The molecule has 0 bridgehead atoms. The van der Waals surface area contributed by atoms with E-state index >= 15 is 0 Å². The molecule has 4 N–H and O–H groups in total. The highest BCUT2D eigenvalue weighted by Gasteiger charge is 2.14. The Kier molecular flexibility index (Phi) is 4.22. The zero-order valence-electron chi connectivity index (χ0n) is 8.38. The molecule has 1 fully saturated rings. The quantitative estimate of drug-likeness (QED) is 0.446. The summed E-state index contributed by atoms with van der Waals surface area (Å²) in [5, 5.41) is 9.61. The van der Waals surface area contributed by atoms with E-state index in [2.05, 4.69) is 5.32 Å². The number of amides is 2. The van der Waals surface area contributed by atoms with Crippen LogP contribution in [0.4, 0.5) is 4.79 Å². The first-order valence-corrected chi connectivity index (χ1v) is 5.06. The minimum Gasteiger partial charge on any atom is -0.386 e. The van der Waals surface area contributed by atoms with E-state index in [9.17, 15) is 4.79 Å². The van der Waals surface area contributed by atoms with Gasteiger partial charge in [0.1, 0.15) is 5.84 Å². The van der Waals surface area contributed by atoms with Crippen LogP contribution in [0.15, 0.2) is 0 Å². The van der Waals surface area contributed by atoms with Gasteiger partial charge in [-0.1, -0.05) is 12.8 Å². The van der Waals surface area contributed by atoms with Crippen LogP contribution in [0, 0.1) is 5.41 Å². The number of urea groups is 1. The highest BCUT2D eigenvalue weighted by atomic mass is 16.2. The second kappa shape index (κ2) is 5.47. The zero-order chi connectivity index (χ0) is 10.4. The summed E-state index contributed by atoms with van der Waals surface area (Å²) in [5.41, 5.74) is 5.15. The molecule has 1 saturated heterocycles. The standard InChI is InChI=1S/C9H18N4O/c10-8(11)7-12-9(14)13-5-3-1-2-4-6-13/h1-7H2,(H3,10,11)(H,12,14). The van der Waals surface area contributed by atoms with Crippen molar-refractivity contribution in [3.05, 3.63) is 0 Å². The molecule has 1 rings (SSSR count). The molecular formula is C9H18N4O. The fourth-order valence-electron chi connectivity index (χ4n) is 1.56. The first-order chi connectivity index (χ1) is 6.70. The summed E-state index contributed by atoms with van der Waals surface area (Å²) in [6, 6.07) is -0.0953. The molecule has 2 amide bonds. The van der Waals surface area contributed by atoms with Crippen molar-refractivity contribution < 1.29 is 4.79 Å². The molecule has 5 heteroatoms. The van der Waals surface area contributed by atoms with Gasteiger partial charge in [0.15, 0.2) is 0 Å². The lowest BCUT2D eigenvalue weighted by atomic mass is 10.2. The van der Waals surface area contributed by atoms with Crippen molar-refractivity contribution in [2.24, 2.45) is 5.73 Å². The van der Waals surface area contributed by atoms with E-state index in [0.29, 0.717) is 0 Å². The summed E-state index contributed by atoms with van der Waals surface area (Å²) in [5.74, 6) is -0.00632. The molecule has 0 aromatic rings. The van der Waals surface area contributed by atoms with Crippen molar-refractivity contribution in [2.45, 2.75) is 25.7 Å². The third-order valence-corrected chi connectivity index (χ3v) is 2.32. The molecule has 0 aromatic carbocycles. The van der Waals surface area contributed by atoms with Crippen LogP contribution in [-0.4, -0.2) is 36.4 Å². The summed E-state index contributed by atoms with van der Waals surface area (Å²) in [7, 11) is 0. The Bertz CT molecular complexity index is 209. The van der Waals surface area contributed by atoms with Gasteiger partial charge in [0.05, 0.1) is 6.54 Å². The zero-order valence-corrected chi connectivity index (χ0v) is 8.38. The van der Waals surface area contributed by atoms with Crippen molar-refractivity contribution in [3.8, 4) is 0 Å². The van der Waals surface area contributed by atoms with E-state index in [4.69, 9.17) is 11.1 Å². The molecule has 0 atom stereocenters. The van der Waals surface area contributed by atoms with Crippen molar-refractivity contribution in [1.29, 1.82) is 5.41 Å². The number of likely N-dealkylation sites (tertiary alicyclic amines) is 1. The van der Waals surface area contributed by atoms with Gasteiger partial charge in [0, 0.05) is 13.1 Å². The molecule has 1 heterocycles. The summed E-state index contributed by atoms with van der Waals surface area (Å²) in [6.45, 7) is 1.79. The lowest BCUT2D eigenvalue weighted by molar-refractivity contribution is 0.201. The molecule has 0 unspecified atom stereocenters. The van der Waals surface area contributed by atoms with Gasteiger partial charge in [-0.2, -0.15) is 0 Å². The summed E-state index contributed by atoms with van der Waals surface area (Å²) >= 11 is 0. The van der Waals surface area contributed by atoms with Crippen LogP contribution in [0.25, 0.3) is 0 Å². The first-order valence-electron chi connectivity index (χ1n) is 5.06. The molecule has 5 nitrogen and oxygen atoms in total. The third-order valence-electron chi connectivity index (χ3n) is 2.32. The fraction of sp³-hybridized carbons (Fsp3) is 0.778. The molecule has 0 radical (unpaired) electrons. The predicted octanol–water partition coefficient (Wildman–Crippen LogP) is 0.508. The van der Waals surface area contributed by atoms with Crippen molar-refractivity contribution in [3.63, 3.8) is 0 Å². The molecule has 0 saturated carbocycles. The molecular weight excluding hydrogens is 180 g/mol. The summed E-state index contributed by atoms with van der Waals surface area (Å²) in [4.78, 5) is 13.3. The van der Waals surface area contributed by atoms with Gasteiger partial charge in [-0.25, -0.2) is 4.79 Å². The van der Waals surface area contributed by atoms with E-state index in [1.54, 1.807) is 4.90 Å². The van der Waals surface area contributed by atoms with E-state index in [0.717, 1.165) is 25.9 Å². The monoisotopic (exact) mass is 198 g/mol. The number of nitrogens with one attached hydrogen (secondary N) is 2. The van der Waals surface area contributed by atoms with Gasteiger partial charge in [0.2, 0.25) is 0 Å². The number of nitrogens with two attached hydrogens (primary N) is 1. The van der Waals surface area contributed by atoms with Gasteiger partial charge in [-0.15, -0.1) is 0 Å². The van der Waals surface area contributed by atoms with Crippen LogP contribution in [0.3, 0.4) is 0 Å². The van der Waals surface area contributed by atoms with Gasteiger partial charge in [-0.3, -0.25) is 5.41 Å². The SMILES string of the molecule is N=C(N)CNC(=O)N1CCCCCC1. The maximum Gasteiger partial charge on any atom is 0.317 e. The van der Waals surface area contributed by atoms with Crippen LogP contribution in [-0.2, 0) is 0 Å². The predicted molar refractivity (Wildman–Crippen MR) is 55.4 cm³/mol. The summed E-state index contributed by atoms with van der Waals surface area (Å²) in [6.07, 6.45) is 4.56. The smallest absolute Gasteiger partial charge is 0.317 e. The van der Waals surface area contributed by atoms with Crippen LogP contribution < -0.4 is 11.1 Å². The molecule has 1 aliphatic heterocycles. The Balaban J connectivity index is 2.30. The summed E-state index contributed by atoms with van der Waals surface area (Å²) < 4.78 is 0. The second-order valence-electron chi connectivity index (χ2n) is 3.59. The van der Waals surface area contributed by atoms with Crippen LogP contribution in [0.1, 0.15) is 25.7 Å². The van der Waals surface area contributed by atoms with Crippen LogP contribution in [0.2, 0.25) is 0 Å². The number of amidine groups is 1. The maximum absolute atomic E-state index is 11.5. The van der Waals surface area contributed by atoms with Gasteiger partial charge >= 0.3 is 6.03 Å². The number of nitrogens with zero attached hydrogens (tertiary/aromatic N) is 1. The van der Waals surface area contributed by atoms with Crippen molar-refractivity contribution in [2.75, 3.05) is 19.6 Å². The number of carbonyl (C=O) groups is 1. The van der Waals surface area contributed by atoms with Gasteiger partial charge in [-0.05, 0) is 12.8 Å². The molecule has 0 aromatic heterocycles. The first kappa shape index (κ1) is 10.8. The molecule has 1 aliphatic rings. The minimum atomic E-state index is -0.0953. The highest BCUT2D eigenvalue weighted by molar-refractivity contribution is 5.84. The van der Waals surface area contributed by atoms with Gasteiger partial charge in [0.25, 0.3) is 0 Å². The Morgan fingerprint density at radius 3 is 2.36 bits per heavy atom. The largest absolute Gasteiger partial charge is 0.386 e. The molecule has 0 aliphatic carbocycles. The van der Waals surface area contributed by atoms with Crippen molar-refractivity contribution in [1.82, 2.24) is 10.2 Å². The fourth-order valence-corrected chi connectivity index (χ4v) is 1.56. The van der Waals surface area contributed by atoms with Crippen LogP contribution in [0.5, 0.6) is 0 Å². The Labute approximate surface area is 84.1 Å². The van der Waals surface area contributed by atoms with Crippen LogP contribution >= 0.6 is 0 Å². The lowest BCUT2D eigenvalue weighted by Gasteiger charge is -2.20. The number of carbonyl (C=O) groups excluding carboxylic acids is 1. The average molecular weight is 198 g/mol. The minimum absolute atomic E-state index is 0.00632. The highest BCUT2D eigenvalue weighted by Crippen LogP contribution is 2.09. The van der Waals surface area contributed by atoms with E-state index in [-0.39, 0.29) is 18.4 Å². The number of hydrogen-bond acceptors (Lipinski definition) is 2. The maximum atomic E-state index is 11.5. The third kappa shape index (κ3) is 3.64. The second-order valence-corrected chi connectivity index (χ2v) is 3.59. The van der Waals surface area contributed by atoms with Gasteiger partial charge < -0.3 is 16.0 Å². The number of hydrogen-bond donors (Lipinski definition) is 3. The Hall–Kier alpha value is -1.26. The normalized spacial score (nSPS) is 17.3. The Morgan fingerprint density at radius 1 is 1.29 bits per heavy atom. The number of rotatable bonds is 2. The average Bonchev–Trinajstić information content (AvgIpc) is 2.42. The van der Waals surface area contributed by atoms with E-state index in [1.165, 1.54) is 12.8 Å². The molecule has 80 valence electrons. The molecule has 14 heavy (non-hydrogen) atoms. The lowest BCUT2D eigenvalue weighted by Crippen LogP contribution is -2.43. The van der Waals surface area contributed by atoms with Crippen molar-refractivity contribution >= 4 is 11.9 Å². The topological polar surface area (TPSA) is 82.2 Å².